The van der Waals surface area contributed by atoms with Crippen molar-refractivity contribution in [2.24, 2.45) is 0 Å². The molecule has 7 nitrogen and oxygen atoms in total. The van der Waals surface area contributed by atoms with E-state index in [1.54, 1.807) is 12.4 Å². The highest BCUT2D eigenvalue weighted by atomic mass is 16.1. The maximum atomic E-state index is 12.3. The van der Waals surface area contributed by atoms with Gasteiger partial charge >= 0.3 is 0 Å². The number of imidazole rings is 1. The number of H-pyrrole nitrogens is 1. The molecule has 0 bridgehead atoms. The number of carbonyl (C=O) groups is 1. The second kappa shape index (κ2) is 6.51. The lowest BCUT2D eigenvalue weighted by Crippen LogP contribution is -2.39. The number of hydrogen-bond donors (Lipinski definition) is 2. The standard InChI is InChI=1S/C18H19N5O2/c24-17(7-8-23-11-19-15-3-1-2-4-16(15)23)20-13-5-6-14-12(9-13)10-18(25)22-21-14/h1-4,10-11,13H,5-9H2,(H,20,24)(H,22,25)/t13-/m1/s1. The third kappa shape index (κ3) is 3.31. The Morgan fingerprint density at radius 3 is 3.16 bits per heavy atom. The molecular formula is C18H19N5O2. The van der Waals surface area contributed by atoms with Gasteiger partial charge in [-0.1, -0.05) is 12.1 Å². The second-order valence-corrected chi connectivity index (χ2v) is 6.39. The van der Waals surface area contributed by atoms with Gasteiger partial charge in [0.1, 0.15) is 0 Å². The van der Waals surface area contributed by atoms with Crippen LogP contribution in [-0.4, -0.2) is 31.7 Å². The van der Waals surface area contributed by atoms with E-state index < -0.39 is 0 Å². The number of hydrogen-bond acceptors (Lipinski definition) is 4. The molecular weight excluding hydrogens is 318 g/mol. The third-order valence-electron chi connectivity index (χ3n) is 4.65. The lowest BCUT2D eigenvalue weighted by Gasteiger charge is -2.24. The van der Waals surface area contributed by atoms with Crippen molar-refractivity contribution in [3.05, 3.63) is 58.3 Å². The van der Waals surface area contributed by atoms with Crippen molar-refractivity contribution in [3.8, 4) is 0 Å². The molecule has 4 rings (SSSR count). The Balaban J connectivity index is 1.36. The quantitative estimate of drug-likeness (QED) is 0.748. The molecule has 25 heavy (non-hydrogen) atoms. The molecule has 0 saturated heterocycles. The van der Waals surface area contributed by atoms with E-state index >= 15 is 0 Å². The molecule has 7 heteroatoms. The van der Waals surface area contributed by atoms with Gasteiger partial charge in [0, 0.05) is 25.1 Å². The van der Waals surface area contributed by atoms with Crippen LogP contribution < -0.4 is 10.9 Å². The van der Waals surface area contributed by atoms with E-state index in [2.05, 4.69) is 20.5 Å². The van der Waals surface area contributed by atoms with Crippen LogP contribution in [0.3, 0.4) is 0 Å². The summed E-state index contributed by atoms with van der Waals surface area (Å²) in [5.74, 6) is 0.0176. The number of fused-ring (bicyclic) bond motifs is 2. The highest BCUT2D eigenvalue weighted by molar-refractivity contribution is 5.77. The van der Waals surface area contributed by atoms with Crippen molar-refractivity contribution in [2.75, 3.05) is 0 Å². The molecule has 0 radical (unpaired) electrons. The van der Waals surface area contributed by atoms with E-state index in [1.807, 2.05) is 28.8 Å². The van der Waals surface area contributed by atoms with E-state index in [9.17, 15) is 9.59 Å². The molecule has 0 fully saturated rings. The molecule has 1 aromatic carbocycles. The van der Waals surface area contributed by atoms with Gasteiger partial charge in [0.05, 0.1) is 23.1 Å². The number of para-hydroxylation sites is 2. The van der Waals surface area contributed by atoms with Crippen molar-refractivity contribution in [2.45, 2.75) is 38.3 Å². The number of benzene rings is 1. The number of amides is 1. The van der Waals surface area contributed by atoms with E-state index in [-0.39, 0.29) is 17.5 Å². The lowest BCUT2D eigenvalue weighted by atomic mass is 9.92. The minimum atomic E-state index is -0.197. The van der Waals surface area contributed by atoms with Crippen molar-refractivity contribution < 1.29 is 4.79 Å². The highest BCUT2D eigenvalue weighted by Gasteiger charge is 2.21. The summed E-state index contributed by atoms with van der Waals surface area (Å²) in [4.78, 5) is 28.0. The molecule has 0 unspecified atom stereocenters. The van der Waals surface area contributed by atoms with Gasteiger partial charge in [-0.15, -0.1) is 0 Å². The van der Waals surface area contributed by atoms with Crippen LogP contribution >= 0.6 is 0 Å². The van der Waals surface area contributed by atoms with E-state index in [1.165, 1.54) is 0 Å². The monoisotopic (exact) mass is 337 g/mol. The molecule has 2 N–H and O–H groups in total. The van der Waals surface area contributed by atoms with Gasteiger partial charge in [-0.2, -0.15) is 5.10 Å². The number of carbonyl (C=O) groups excluding carboxylic acids is 1. The average Bonchev–Trinajstić information content (AvgIpc) is 3.03. The van der Waals surface area contributed by atoms with Gasteiger partial charge in [0.15, 0.2) is 0 Å². The van der Waals surface area contributed by atoms with Crippen LogP contribution in [0.1, 0.15) is 24.1 Å². The molecule has 2 heterocycles. The molecule has 3 aromatic rings. The van der Waals surface area contributed by atoms with Gasteiger partial charge in [-0.25, -0.2) is 10.1 Å². The normalized spacial score (nSPS) is 16.6. The minimum absolute atomic E-state index is 0.0176. The number of aryl methyl sites for hydroxylation is 2. The van der Waals surface area contributed by atoms with Crippen molar-refractivity contribution in [1.29, 1.82) is 0 Å². The van der Waals surface area contributed by atoms with Gasteiger partial charge in [0.2, 0.25) is 5.91 Å². The molecule has 1 aliphatic rings. The summed E-state index contributed by atoms with van der Waals surface area (Å²) in [6.07, 6.45) is 4.44. The minimum Gasteiger partial charge on any atom is -0.353 e. The highest BCUT2D eigenvalue weighted by Crippen LogP contribution is 2.18. The molecule has 0 spiro atoms. The Morgan fingerprint density at radius 2 is 2.24 bits per heavy atom. The van der Waals surface area contributed by atoms with Crippen LogP contribution in [-0.2, 0) is 24.2 Å². The van der Waals surface area contributed by atoms with Crippen LogP contribution in [0, 0.1) is 0 Å². The topological polar surface area (TPSA) is 92.7 Å². The lowest BCUT2D eigenvalue weighted by molar-refractivity contribution is -0.122. The van der Waals surface area contributed by atoms with Crippen LogP contribution in [0.5, 0.6) is 0 Å². The van der Waals surface area contributed by atoms with E-state index in [0.29, 0.717) is 19.4 Å². The number of nitrogens with one attached hydrogen (secondary N) is 2. The summed E-state index contributed by atoms with van der Waals surface area (Å²) in [5.41, 5.74) is 3.63. The number of rotatable bonds is 4. The van der Waals surface area contributed by atoms with Crippen LogP contribution in [0.25, 0.3) is 11.0 Å². The van der Waals surface area contributed by atoms with Crippen LogP contribution in [0.15, 0.2) is 41.5 Å². The largest absolute Gasteiger partial charge is 0.353 e. The Bertz CT molecular complexity index is 975. The Morgan fingerprint density at radius 1 is 1.36 bits per heavy atom. The molecule has 0 saturated carbocycles. The number of aromatic amines is 1. The summed E-state index contributed by atoms with van der Waals surface area (Å²) in [6, 6.07) is 9.52. The molecule has 1 aliphatic carbocycles. The Labute approximate surface area is 144 Å². The first kappa shape index (κ1) is 15.6. The fourth-order valence-electron chi connectivity index (χ4n) is 3.37. The smallest absolute Gasteiger partial charge is 0.264 e. The molecule has 1 atom stereocenters. The summed E-state index contributed by atoms with van der Waals surface area (Å²) >= 11 is 0. The van der Waals surface area contributed by atoms with Gasteiger partial charge < -0.3 is 9.88 Å². The van der Waals surface area contributed by atoms with Crippen molar-refractivity contribution in [3.63, 3.8) is 0 Å². The number of nitrogens with zero attached hydrogens (tertiary/aromatic N) is 3. The zero-order chi connectivity index (χ0) is 17.2. The molecule has 1 amide bonds. The first-order valence-corrected chi connectivity index (χ1v) is 8.46. The maximum Gasteiger partial charge on any atom is 0.264 e. The van der Waals surface area contributed by atoms with Gasteiger partial charge in [0.25, 0.3) is 5.56 Å². The zero-order valence-electron chi connectivity index (χ0n) is 13.7. The fourth-order valence-corrected chi connectivity index (χ4v) is 3.37. The summed E-state index contributed by atoms with van der Waals surface area (Å²) in [7, 11) is 0. The van der Waals surface area contributed by atoms with Crippen LogP contribution in [0.2, 0.25) is 0 Å². The summed E-state index contributed by atoms with van der Waals surface area (Å²) < 4.78 is 1.99. The van der Waals surface area contributed by atoms with Crippen molar-refractivity contribution >= 4 is 16.9 Å². The third-order valence-corrected chi connectivity index (χ3v) is 4.65. The summed E-state index contributed by atoms with van der Waals surface area (Å²) in [6.45, 7) is 0.594. The summed E-state index contributed by atoms with van der Waals surface area (Å²) in [5, 5.41) is 9.61. The predicted molar refractivity (Wildman–Crippen MR) is 93.2 cm³/mol. The average molecular weight is 337 g/mol. The number of aromatic nitrogens is 4. The van der Waals surface area contributed by atoms with Crippen LogP contribution in [0.4, 0.5) is 0 Å². The SMILES string of the molecule is O=C(CCn1cnc2ccccc21)N[C@@H]1CCc2n[nH]c(=O)cc2C1. The predicted octanol–water partition coefficient (Wildman–Crippen LogP) is 1.18. The first-order valence-electron chi connectivity index (χ1n) is 8.46. The molecule has 128 valence electrons. The Hall–Kier alpha value is -2.96. The van der Waals surface area contributed by atoms with Gasteiger partial charge in [-0.05, 0) is 37.0 Å². The van der Waals surface area contributed by atoms with Crippen molar-refractivity contribution in [1.82, 2.24) is 25.1 Å². The zero-order valence-corrected chi connectivity index (χ0v) is 13.7. The first-order chi connectivity index (χ1) is 12.2. The Kier molecular flexibility index (Phi) is 4.05. The fraction of sp³-hybridized carbons (Fsp3) is 0.333. The maximum absolute atomic E-state index is 12.3. The molecule has 2 aromatic heterocycles. The van der Waals surface area contributed by atoms with Gasteiger partial charge in [-0.3, -0.25) is 9.59 Å². The van der Waals surface area contributed by atoms with E-state index in [0.717, 1.165) is 35.1 Å². The van der Waals surface area contributed by atoms with E-state index in [4.69, 9.17) is 0 Å². The second-order valence-electron chi connectivity index (χ2n) is 6.39. The molecule has 0 aliphatic heterocycles.